The molecule has 0 aromatic carbocycles. The molecular weight excluding hydrogens is 637 g/mol. The molecule has 49 heavy (non-hydrogen) atoms. The summed E-state index contributed by atoms with van der Waals surface area (Å²) in [4.78, 5) is 22.3. The molecule has 0 rings (SSSR count). The summed E-state index contributed by atoms with van der Waals surface area (Å²) < 4.78 is 33.2. The zero-order chi connectivity index (χ0) is 35.9. The first kappa shape index (κ1) is 47.5. The third-order valence-electron chi connectivity index (χ3n) is 8.02. The lowest BCUT2D eigenvalue weighted by molar-refractivity contribution is -0.154. The fourth-order valence-electron chi connectivity index (χ4n) is 5.19. The lowest BCUT2D eigenvalue weighted by Crippen LogP contribution is -2.28. The largest absolute Gasteiger partial charge is 0.472 e. The Labute approximate surface area is 301 Å². The van der Waals surface area contributed by atoms with Crippen molar-refractivity contribution in [3.63, 3.8) is 0 Å². The van der Waals surface area contributed by atoms with E-state index in [2.05, 4.69) is 50.3 Å². The van der Waals surface area contributed by atoms with Gasteiger partial charge < -0.3 is 20.1 Å². The van der Waals surface area contributed by atoms with E-state index in [1.165, 1.54) is 96.3 Å². The lowest BCUT2D eigenvalue weighted by Gasteiger charge is -2.20. The fraction of sp³-hybridized carbons (Fsp3) is 0.775. The molecule has 0 saturated carbocycles. The number of hydrogen-bond donors (Lipinski definition) is 2. The Balaban J connectivity index is 4.13. The standard InChI is InChI=1S/C40H74NO7P/c1-3-5-7-9-11-13-15-17-18-19-20-22-24-26-28-30-32-35-45-37-39(38-47-49(43,44)46-36-34-41)48-40(42)33-31-29-27-25-23-21-16-14-12-10-8-6-4-2/h6,8,12,14,21,23,27,29,39H,3-5,7,9-11,13,15-20,22,24-26,28,30-38,41H2,1-2H3,(H,43,44)/b8-6-,14-12-,23-21-,29-27-. The molecule has 0 heterocycles. The minimum absolute atomic E-state index is 0.0887. The van der Waals surface area contributed by atoms with Crippen LogP contribution in [0.4, 0.5) is 0 Å². The highest BCUT2D eigenvalue weighted by Gasteiger charge is 2.25. The number of hydrogen-bond acceptors (Lipinski definition) is 7. The number of allylic oxidation sites excluding steroid dienone is 8. The third kappa shape index (κ3) is 37.5. The number of carbonyl (C=O) groups excluding carboxylic acids is 1. The van der Waals surface area contributed by atoms with E-state index in [1.54, 1.807) is 0 Å². The average Bonchev–Trinajstić information content (AvgIpc) is 3.09. The molecule has 0 radical (unpaired) electrons. The van der Waals surface area contributed by atoms with Gasteiger partial charge in [0.15, 0.2) is 0 Å². The molecule has 0 amide bonds. The van der Waals surface area contributed by atoms with Gasteiger partial charge in [-0.25, -0.2) is 4.57 Å². The Morgan fingerprint density at radius 3 is 1.59 bits per heavy atom. The molecular formula is C40H74NO7P. The second kappa shape index (κ2) is 37.7. The van der Waals surface area contributed by atoms with Crippen LogP contribution < -0.4 is 5.73 Å². The van der Waals surface area contributed by atoms with Crippen LogP contribution in [0.3, 0.4) is 0 Å². The predicted octanol–water partition coefficient (Wildman–Crippen LogP) is 11.2. The van der Waals surface area contributed by atoms with Crippen LogP contribution in [-0.4, -0.2) is 49.9 Å². The van der Waals surface area contributed by atoms with Gasteiger partial charge in [0, 0.05) is 19.6 Å². The van der Waals surface area contributed by atoms with Crippen molar-refractivity contribution in [1.29, 1.82) is 0 Å². The van der Waals surface area contributed by atoms with Crippen molar-refractivity contribution in [2.75, 3.05) is 33.0 Å². The number of ether oxygens (including phenoxy) is 2. The highest BCUT2D eigenvalue weighted by atomic mass is 31.2. The summed E-state index contributed by atoms with van der Waals surface area (Å²) in [5, 5.41) is 0. The van der Waals surface area contributed by atoms with Gasteiger partial charge in [0.05, 0.1) is 19.8 Å². The predicted molar refractivity (Wildman–Crippen MR) is 206 cm³/mol. The molecule has 0 aliphatic carbocycles. The molecule has 0 fully saturated rings. The Hall–Kier alpha value is -1.54. The first-order valence-electron chi connectivity index (χ1n) is 19.6. The smallest absolute Gasteiger partial charge is 0.457 e. The topological polar surface area (TPSA) is 117 Å². The monoisotopic (exact) mass is 712 g/mol. The molecule has 2 unspecified atom stereocenters. The highest BCUT2D eigenvalue weighted by molar-refractivity contribution is 7.47. The second-order valence-electron chi connectivity index (χ2n) is 12.8. The van der Waals surface area contributed by atoms with Gasteiger partial charge in [-0.05, 0) is 38.5 Å². The fourth-order valence-corrected chi connectivity index (χ4v) is 5.95. The van der Waals surface area contributed by atoms with Gasteiger partial charge in [0.2, 0.25) is 0 Å². The van der Waals surface area contributed by atoms with Crippen molar-refractivity contribution < 1.29 is 32.8 Å². The highest BCUT2D eigenvalue weighted by Crippen LogP contribution is 2.43. The van der Waals surface area contributed by atoms with Crippen LogP contribution in [-0.2, 0) is 27.9 Å². The van der Waals surface area contributed by atoms with Crippen molar-refractivity contribution in [2.24, 2.45) is 5.73 Å². The van der Waals surface area contributed by atoms with E-state index in [1.807, 2.05) is 12.2 Å². The summed E-state index contributed by atoms with van der Waals surface area (Å²) in [7, 11) is -4.29. The van der Waals surface area contributed by atoms with Crippen LogP contribution in [0.2, 0.25) is 0 Å². The van der Waals surface area contributed by atoms with Gasteiger partial charge in [0.25, 0.3) is 0 Å². The van der Waals surface area contributed by atoms with E-state index >= 15 is 0 Å². The molecule has 9 heteroatoms. The van der Waals surface area contributed by atoms with Gasteiger partial charge in [-0.15, -0.1) is 0 Å². The minimum Gasteiger partial charge on any atom is -0.457 e. The normalized spacial score (nSPS) is 14.1. The summed E-state index contributed by atoms with van der Waals surface area (Å²) in [5.41, 5.74) is 5.35. The first-order chi connectivity index (χ1) is 23.9. The summed E-state index contributed by atoms with van der Waals surface area (Å²) in [6.45, 7) is 4.71. The number of carbonyl (C=O) groups is 1. The SMILES string of the molecule is CC/C=C\C/C=C\C/C=C\C/C=C\CCC(=O)OC(COCCCCCCCCCCCCCCCCCCC)COP(=O)(O)OCCN. The van der Waals surface area contributed by atoms with Crippen molar-refractivity contribution >= 4 is 13.8 Å². The van der Waals surface area contributed by atoms with Crippen molar-refractivity contribution in [1.82, 2.24) is 0 Å². The maximum Gasteiger partial charge on any atom is 0.472 e. The molecule has 0 aromatic heterocycles. The number of phosphoric acid groups is 1. The number of esters is 1. The Kier molecular flexibility index (Phi) is 36.5. The van der Waals surface area contributed by atoms with Crippen LogP contribution in [0, 0.1) is 0 Å². The third-order valence-corrected chi connectivity index (χ3v) is 9.01. The maximum atomic E-state index is 12.5. The zero-order valence-corrected chi connectivity index (χ0v) is 32.3. The molecule has 0 aliphatic rings. The maximum absolute atomic E-state index is 12.5. The molecule has 2 atom stereocenters. The van der Waals surface area contributed by atoms with E-state index in [-0.39, 0.29) is 32.8 Å². The second-order valence-corrected chi connectivity index (χ2v) is 14.2. The molecule has 0 bridgehead atoms. The summed E-state index contributed by atoms with van der Waals surface area (Å²) in [6.07, 6.45) is 42.9. The van der Waals surface area contributed by atoms with Crippen LogP contribution in [0.5, 0.6) is 0 Å². The quantitative estimate of drug-likeness (QED) is 0.0283. The minimum atomic E-state index is -4.29. The number of phosphoric ester groups is 1. The van der Waals surface area contributed by atoms with E-state index in [9.17, 15) is 14.3 Å². The van der Waals surface area contributed by atoms with Crippen LogP contribution in [0.25, 0.3) is 0 Å². The average molecular weight is 712 g/mol. The van der Waals surface area contributed by atoms with Gasteiger partial charge in [-0.1, -0.05) is 165 Å². The molecule has 0 spiro atoms. The molecule has 0 aromatic rings. The van der Waals surface area contributed by atoms with Crippen molar-refractivity contribution in [2.45, 2.75) is 168 Å². The molecule has 0 aliphatic heterocycles. The van der Waals surface area contributed by atoms with E-state index in [0.717, 1.165) is 38.5 Å². The number of unbranched alkanes of at least 4 members (excludes halogenated alkanes) is 16. The molecule has 3 N–H and O–H groups in total. The van der Waals surface area contributed by atoms with E-state index in [4.69, 9.17) is 24.3 Å². The van der Waals surface area contributed by atoms with Gasteiger partial charge in [-0.2, -0.15) is 0 Å². The first-order valence-corrected chi connectivity index (χ1v) is 21.1. The van der Waals surface area contributed by atoms with Crippen molar-refractivity contribution in [3.8, 4) is 0 Å². The Morgan fingerprint density at radius 2 is 1.10 bits per heavy atom. The zero-order valence-electron chi connectivity index (χ0n) is 31.4. The molecule has 8 nitrogen and oxygen atoms in total. The van der Waals surface area contributed by atoms with E-state index in [0.29, 0.717) is 13.0 Å². The van der Waals surface area contributed by atoms with Crippen LogP contribution in [0.15, 0.2) is 48.6 Å². The Bertz CT molecular complexity index is 890. The number of nitrogens with two attached hydrogens (primary N) is 1. The summed E-state index contributed by atoms with van der Waals surface area (Å²) in [6, 6.07) is 0. The van der Waals surface area contributed by atoms with Crippen LogP contribution >= 0.6 is 7.82 Å². The van der Waals surface area contributed by atoms with E-state index < -0.39 is 19.9 Å². The van der Waals surface area contributed by atoms with Gasteiger partial charge >= 0.3 is 13.8 Å². The van der Waals surface area contributed by atoms with Gasteiger partial charge in [0.1, 0.15) is 6.10 Å². The molecule has 0 saturated heterocycles. The molecule has 286 valence electrons. The van der Waals surface area contributed by atoms with Crippen LogP contribution in [0.1, 0.15) is 162 Å². The summed E-state index contributed by atoms with van der Waals surface area (Å²) in [5.74, 6) is -0.409. The van der Waals surface area contributed by atoms with Gasteiger partial charge in [-0.3, -0.25) is 13.8 Å². The Morgan fingerprint density at radius 1 is 0.633 bits per heavy atom. The van der Waals surface area contributed by atoms with Crippen molar-refractivity contribution in [3.05, 3.63) is 48.6 Å². The number of rotatable bonds is 37. The summed E-state index contributed by atoms with van der Waals surface area (Å²) >= 11 is 0. The lowest BCUT2D eigenvalue weighted by atomic mass is 10.0.